The quantitative estimate of drug-likeness (QED) is 0.830. The molecule has 1 unspecified atom stereocenters. The molecule has 2 N–H and O–H groups in total. The third kappa shape index (κ3) is 2.68. The van der Waals surface area contributed by atoms with E-state index in [1.54, 1.807) is 12.1 Å². The van der Waals surface area contributed by atoms with E-state index in [0.717, 1.165) is 12.8 Å². The number of aliphatic hydroxyl groups excluding tert-OH is 1. The number of nitrogens with one attached hydrogen (secondary N) is 1. The molecule has 0 amide bonds. The first-order valence-corrected chi connectivity index (χ1v) is 5.40. The van der Waals surface area contributed by atoms with Gasteiger partial charge in [0.1, 0.15) is 5.82 Å². The van der Waals surface area contributed by atoms with Gasteiger partial charge in [-0.05, 0) is 25.0 Å². The molecule has 1 aliphatic carbocycles. The SMILES string of the molecule is OCC(NC1CC1)c1ccc(Cl)cc1F. The number of aliphatic hydroxyl groups is 1. The second-order valence-electron chi connectivity index (χ2n) is 3.84. The third-order valence-electron chi connectivity index (χ3n) is 2.53. The van der Waals surface area contributed by atoms with E-state index in [0.29, 0.717) is 16.6 Å². The summed E-state index contributed by atoms with van der Waals surface area (Å²) in [5, 5.41) is 12.7. The van der Waals surface area contributed by atoms with Crippen LogP contribution in [0.3, 0.4) is 0 Å². The maximum Gasteiger partial charge on any atom is 0.129 e. The highest BCUT2D eigenvalue weighted by Gasteiger charge is 2.26. The Morgan fingerprint density at radius 1 is 1.53 bits per heavy atom. The fourth-order valence-corrected chi connectivity index (χ4v) is 1.72. The van der Waals surface area contributed by atoms with E-state index in [4.69, 9.17) is 11.6 Å². The molecule has 0 heterocycles. The molecule has 1 aliphatic rings. The van der Waals surface area contributed by atoms with Crippen LogP contribution in [0, 0.1) is 5.82 Å². The van der Waals surface area contributed by atoms with Crippen LogP contribution >= 0.6 is 11.6 Å². The van der Waals surface area contributed by atoms with E-state index in [2.05, 4.69) is 5.32 Å². The van der Waals surface area contributed by atoms with Crippen LogP contribution in [0.4, 0.5) is 4.39 Å². The first-order valence-electron chi connectivity index (χ1n) is 5.02. The molecule has 82 valence electrons. The highest BCUT2D eigenvalue weighted by Crippen LogP contribution is 2.26. The van der Waals surface area contributed by atoms with Gasteiger partial charge in [0, 0.05) is 16.6 Å². The lowest BCUT2D eigenvalue weighted by atomic mass is 10.1. The van der Waals surface area contributed by atoms with Crippen LogP contribution in [0.25, 0.3) is 0 Å². The molecular formula is C11H13ClFNO. The molecule has 1 fully saturated rings. The third-order valence-corrected chi connectivity index (χ3v) is 2.77. The molecule has 2 nitrogen and oxygen atoms in total. The standard InChI is InChI=1S/C11H13ClFNO/c12-7-1-4-9(10(13)5-7)11(6-15)14-8-2-3-8/h1,4-5,8,11,14-15H,2-3,6H2. The lowest BCUT2D eigenvalue weighted by Crippen LogP contribution is -2.27. The Hall–Kier alpha value is -0.640. The molecule has 1 aromatic carbocycles. The Morgan fingerprint density at radius 3 is 2.80 bits per heavy atom. The number of hydrogen-bond acceptors (Lipinski definition) is 2. The zero-order chi connectivity index (χ0) is 10.8. The summed E-state index contributed by atoms with van der Waals surface area (Å²) >= 11 is 5.66. The van der Waals surface area contributed by atoms with Gasteiger partial charge in [-0.2, -0.15) is 0 Å². The van der Waals surface area contributed by atoms with Gasteiger partial charge < -0.3 is 10.4 Å². The second kappa shape index (κ2) is 4.47. The van der Waals surface area contributed by atoms with Crippen molar-refractivity contribution in [3.8, 4) is 0 Å². The fraction of sp³-hybridized carbons (Fsp3) is 0.455. The van der Waals surface area contributed by atoms with Gasteiger partial charge in [0.05, 0.1) is 12.6 Å². The molecule has 4 heteroatoms. The molecule has 0 spiro atoms. The lowest BCUT2D eigenvalue weighted by molar-refractivity contribution is 0.240. The summed E-state index contributed by atoms with van der Waals surface area (Å²) in [6.07, 6.45) is 2.21. The van der Waals surface area contributed by atoms with Crippen LogP contribution in [0.15, 0.2) is 18.2 Å². The second-order valence-corrected chi connectivity index (χ2v) is 4.28. The fourth-order valence-electron chi connectivity index (χ4n) is 1.56. The van der Waals surface area contributed by atoms with Crippen molar-refractivity contribution >= 4 is 11.6 Å². The van der Waals surface area contributed by atoms with Gasteiger partial charge in [0.2, 0.25) is 0 Å². The smallest absolute Gasteiger partial charge is 0.129 e. The molecule has 0 aromatic heterocycles. The summed E-state index contributed by atoms with van der Waals surface area (Å²) in [7, 11) is 0. The average molecular weight is 230 g/mol. The minimum atomic E-state index is -0.366. The summed E-state index contributed by atoms with van der Waals surface area (Å²) in [6.45, 7) is -0.102. The zero-order valence-electron chi connectivity index (χ0n) is 8.21. The summed E-state index contributed by atoms with van der Waals surface area (Å²) in [5.41, 5.74) is 0.480. The average Bonchev–Trinajstić information content (AvgIpc) is 2.99. The van der Waals surface area contributed by atoms with Crippen LogP contribution in [-0.2, 0) is 0 Å². The minimum absolute atomic E-state index is 0.102. The van der Waals surface area contributed by atoms with Gasteiger partial charge in [-0.3, -0.25) is 0 Å². The molecule has 1 aromatic rings. The molecule has 0 bridgehead atoms. The van der Waals surface area contributed by atoms with Crippen molar-refractivity contribution in [1.29, 1.82) is 0 Å². The Labute approximate surface area is 93.1 Å². The zero-order valence-corrected chi connectivity index (χ0v) is 8.97. The van der Waals surface area contributed by atoms with Gasteiger partial charge >= 0.3 is 0 Å². The highest BCUT2D eigenvalue weighted by molar-refractivity contribution is 6.30. The van der Waals surface area contributed by atoms with Gasteiger partial charge in [0.15, 0.2) is 0 Å². The van der Waals surface area contributed by atoms with Crippen molar-refractivity contribution in [3.63, 3.8) is 0 Å². The van der Waals surface area contributed by atoms with Crippen LogP contribution in [-0.4, -0.2) is 17.8 Å². The van der Waals surface area contributed by atoms with Gasteiger partial charge in [0.25, 0.3) is 0 Å². The molecule has 2 rings (SSSR count). The normalized spacial score (nSPS) is 17.8. The molecule has 1 atom stereocenters. The number of benzene rings is 1. The summed E-state index contributed by atoms with van der Waals surface area (Å²) in [5.74, 6) is -0.366. The molecule has 0 aliphatic heterocycles. The molecular weight excluding hydrogens is 217 g/mol. The van der Waals surface area contributed by atoms with Crippen molar-refractivity contribution in [3.05, 3.63) is 34.6 Å². The Morgan fingerprint density at radius 2 is 2.27 bits per heavy atom. The molecule has 0 saturated heterocycles. The van der Waals surface area contributed by atoms with Gasteiger partial charge in [-0.25, -0.2) is 4.39 Å². The van der Waals surface area contributed by atoms with Crippen molar-refractivity contribution in [2.45, 2.75) is 24.9 Å². The van der Waals surface area contributed by atoms with E-state index in [-0.39, 0.29) is 18.5 Å². The van der Waals surface area contributed by atoms with Crippen LogP contribution < -0.4 is 5.32 Å². The summed E-state index contributed by atoms with van der Waals surface area (Å²) in [4.78, 5) is 0. The molecule has 15 heavy (non-hydrogen) atoms. The number of halogens is 2. The largest absolute Gasteiger partial charge is 0.394 e. The van der Waals surface area contributed by atoms with Gasteiger partial charge in [-0.1, -0.05) is 17.7 Å². The number of hydrogen-bond donors (Lipinski definition) is 2. The summed E-state index contributed by atoms with van der Waals surface area (Å²) < 4.78 is 13.5. The lowest BCUT2D eigenvalue weighted by Gasteiger charge is -2.17. The van der Waals surface area contributed by atoms with Crippen molar-refractivity contribution in [2.75, 3.05) is 6.61 Å². The Bertz CT molecular complexity index is 354. The van der Waals surface area contributed by atoms with E-state index in [1.807, 2.05) is 0 Å². The van der Waals surface area contributed by atoms with Crippen LogP contribution in [0.1, 0.15) is 24.4 Å². The molecule has 0 radical (unpaired) electrons. The van der Waals surface area contributed by atoms with Crippen molar-refractivity contribution < 1.29 is 9.50 Å². The first kappa shape index (κ1) is 10.9. The molecule has 1 saturated carbocycles. The Balaban J connectivity index is 2.16. The Kier molecular flexibility index (Phi) is 3.24. The maximum absolute atomic E-state index is 13.5. The highest BCUT2D eigenvalue weighted by atomic mass is 35.5. The van der Waals surface area contributed by atoms with E-state index in [1.165, 1.54) is 6.07 Å². The minimum Gasteiger partial charge on any atom is -0.394 e. The van der Waals surface area contributed by atoms with E-state index < -0.39 is 0 Å². The predicted molar refractivity (Wildman–Crippen MR) is 57.4 cm³/mol. The van der Waals surface area contributed by atoms with E-state index in [9.17, 15) is 9.50 Å². The monoisotopic (exact) mass is 229 g/mol. The maximum atomic E-state index is 13.5. The van der Waals surface area contributed by atoms with Crippen molar-refractivity contribution in [1.82, 2.24) is 5.32 Å². The van der Waals surface area contributed by atoms with Gasteiger partial charge in [-0.15, -0.1) is 0 Å². The first-order chi connectivity index (χ1) is 7.20. The van der Waals surface area contributed by atoms with E-state index >= 15 is 0 Å². The van der Waals surface area contributed by atoms with Crippen LogP contribution in [0.5, 0.6) is 0 Å². The number of rotatable bonds is 4. The summed E-state index contributed by atoms with van der Waals surface area (Å²) in [6, 6.07) is 4.63. The topological polar surface area (TPSA) is 32.3 Å². The predicted octanol–water partition coefficient (Wildman–Crippen LogP) is 2.26. The van der Waals surface area contributed by atoms with Crippen molar-refractivity contribution in [2.24, 2.45) is 0 Å². The van der Waals surface area contributed by atoms with Crippen LogP contribution in [0.2, 0.25) is 5.02 Å².